The average molecular weight is 357 g/mol. The van der Waals surface area contributed by atoms with Crippen LogP contribution < -0.4 is 9.78 Å². The van der Waals surface area contributed by atoms with Crippen LogP contribution in [0.4, 0.5) is 4.79 Å². The molecule has 1 heterocycles. The monoisotopic (exact) mass is 358 g/mol. The molecule has 1 aromatic carbocycles. The van der Waals surface area contributed by atoms with Gasteiger partial charge in [0.1, 0.15) is 0 Å². The molecule has 0 spiro atoms. The summed E-state index contributed by atoms with van der Waals surface area (Å²) in [5.41, 5.74) is 0. The fourth-order valence-corrected chi connectivity index (χ4v) is 3.73. The molecule has 0 bridgehead atoms. The van der Waals surface area contributed by atoms with Crippen LogP contribution in [0.2, 0.25) is 4.82 Å². The summed E-state index contributed by atoms with van der Waals surface area (Å²) in [4.78, 5) is 35.7. The number of carbonyl (C=O) groups is 3. The Balaban J connectivity index is 2.07. The van der Waals surface area contributed by atoms with E-state index >= 15 is 0 Å². The molecule has 1 saturated heterocycles. The zero-order valence-corrected chi connectivity index (χ0v) is 12.7. The van der Waals surface area contributed by atoms with E-state index < -0.39 is 37.6 Å². The SMILES string of the molecule is O=C1NC(=O)N(COCCO)C(=O)C1[Se]c1ccccc1. The van der Waals surface area contributed by atoms with Crippen LogP contribution in [0.3, 0.4) is 0 Å². The summed E-state index contributed by atoms with van der Waals surface area (Å²) in [6.07, 6.45) is 0. The quantitative estimate of drug-likeness (QED) is 0.381. The van der Waals surface area contributed by atoms with Gasteiger partial charge in [0, 0.05) is 0 Å². The molecular formula is C13H14N2O5Se. The summed E-state index contributed by atoms with van der Waals surface area (Å²) in [6.45, 7) is -0.473. The third-order valence-electron chi connectivity index (χ3n) is 2.66. The standard InChI is InChI=1S/C13H14N2O5Se/c16-6-7-20-8-15-12(18)10(11(17)14-13(15)19)21-9-4-2-1-3-5-9/h1-5,10,16H,6-8H2,(H,14,17,19). The van der Waals surface area contributed by atoms with Gasteiger partial charge in [-0.05, 0) is 0 Å². The van der Waals surface area contributed by atoms with Crippen LogP contribution in [0, 0.1) is 0 Å². The van der Waals surface area contributed by atoms with Gasteiger partial charge in [-0.25, -0.2) is 0 Å². The molecular weight excluding hydrogens is 343 g/mol. The van der Waals surface area contributed by atoms with Crippen LogP contribution in [0.5, 0.6) is 0 Å². The predicted molar refractivity (Wildman–Crippen MR) is 73.9 cm³/mol. The Morgan fingerprint density at radius 3 is 2.62 bits per heavy atom. The van der Waals surface area contributed by atoms with Crippen LogP contribution in [0.1, 0.15) is 0 Å². The van der Waals surface area contributed by atoms with Gasteiger partial charge in [-0.1, -0.05) is 0 Å². The number of carbonyl (C=O) groups excluding carboxylic acids is 3. The maximum atomic E-state index is 12.3. The van der Waals surface area contributed by atoms with E-state index in [1.54, 1.807) is 0 Å². The van der Waals surface area contributed by atoms with Gasteiger partial charge in [-0.15, -0.1) is 0 Å². The number of amides is 4. The van der Waals surface area contributed by atoms with Crippen molar-refractivity contribution in [3.8, 4) is 0 Å². The summed E-state index contributed by atoms with van der Waals surface area (Å²) in [6, 6.07) is 8.39. The van der Waals surface area contributed by atoms with Crippen molar-refractivity contribution in [2.45, 2.75) is 4.82 Å². The van der Waals surface area contributed by atoms with Crippen molar-refractivity contribution in [1.29, 1.82) is 0 Å². The Morgan fingerprint density at radius 2 is 1.95 bits per heavy atom. The van der Waals surface area contributed by atoms with Gasteiger partial charge >= 0.3 is 127 Å². The molecule has 1 fully saturated rings. The van der Waals surface area contributed by atoms with E-state index in [1.165, 1.54) is 0 Å². The number of urea groups is 1. The van der Waals surface area contributed by atoms with Crippen molar-refractivity contribution in [2.24, 2.45) is 0 Å². The number of benzene rings is 1. The molecule has 1 aliphatic heterocycles. The summed E-state index contributed by atoms with van der Waals surface area (Å²) < 4.78 is 5.88. The van der Waals surface area contributed by atoms with Crippen molar-refractivity contribution in [2.75, 3.05) is 19.9 Å². The minimum atomic E-state index is -0.893. The Hall–Kier alpha value is -1.73. The first-order valence-electron chi connectivity index (χ1n) is 6.20. The molecule has 1 aliphatic rings. The van der Waals surface area contributed by atoms with Crippen LogP contribution in [-0.2, 0) is 14.3 Å². The number of hydrogen-bond donors (Lipinski definition) is 2. The summed E-state index contributed by atoms with van der Waals surface area (Å²) in [5.74, 6) is -1.14. The van der Waals surface area contributed by atoms with E-state index in [0.29, 0.717) is 0 Å². The normalized spacial score (nSPS) is 18.8. The van der Waals surface area contributed by atoms with Crippen LogP contribution in [0.25, 0.3) is 0 Å². The zero-order chi connectivity index (χ0) is 15.2. The molecule has 7 nitrogen and oxygen atoms in total. The van der Waals surface area contributed by atoms with Gasteiger partial charge in [0.05, 0.1) is 0 Å². The summed E-state index contributed by atoms with van der Waals surface area (Å²) in [7, 11) is 0. The number of rotatable bonds is 6. The van der Waals surface area contributed by atoms with Gasteiger partial charge in [-0.3, -0.25) is 0 Å². The molecule has 21 heavy (non-hydrogen) atoms. The molecule has 1 unspecified atom stereocenters. The Morgan fingerprint density at radius 1 is 1.24 bits per heavy atom. The molecule has 1 atom stereocenters. The summed E-state index contributed by atoms with van der Waals surface area (Å²) >= 11 is -0.418. The van der Waals surface area contributed by atoms with Crippen molar-refractivity contribution in [3.05, 3.63) is 30.3 Å². The summed E-state index contributed by atoms with van der Waals surface area (Å²) in [5, 5.41) is 10.8. The van der Waals surface area contributed by atoms with Gasteiger partial charge < -0.3 is 0 Å². The van der Waals surface area contributed by atoms with E-state index in [2.05, 4.69) is 5.32 Å². The Labute approximate surface area is 127 Å². The average Bonchev–Trinajstić information content (AvgIpc) is 2.48. The molecule has 112 valence electrons. The van der Waals surface area contributed by atoms with E-state index in [4.69, 9.17) is 9.84 Å². The number of imide groups is 2. The third-order valence-corrected chi connectivity index (χ3v) is 5.17. The van der Waals surface area contributed by atoms with Crippen molar-refractivity contribution in [3.63, 3.8) is 0 Å². The van der Waals surface area contributed by atoms with Crippen LogP contribution in [0.15, 0.2) is 30.3 Å². The zero-order valence-electron chi connectivity index (χ0n) is 11.0. The first kappa shape index (κ1) is 15.7. The van der Waals surface area contributed by atoms with Crippen molar-refractivity contribution < 1.29 is 24.2 Å². The number of barbiturate groups is 1. The van der Waals surface area contributed by atoms with E-state index in [1.807, 2.05) is 30.3 Å². The molecule has 0 radical (unpaired) electrons. The number of nitrogens with zero attached hydrogens (tertiary/aromatic N) is 1. The molecule has 2 N–H and O–H groups in total. The molecule has 0 aliphatic carbocycles. The van der Waals surface area contributed by atoms with E-state index in [0.717, 1.165) is 9.36 Å². The fourth-order valence-electron chi connectivity index (χ4n) is 1.67. The second-order valence-electron chi connectivity index (χ2n) is 4.13. The first-order valence-corrected chi connectivity index (χ1v) is 8.04. The number of aliphatic hydroxyl groups is 1. The number of ether oxygens (including phenoxy) is 1. The minimum absolute atomic E-state index is 0.0134. The van der Waals surface area contributed by atoms with Crippen LogP contribution >= 0.6 is 0 Å². The molecule has 0 aromatic heterocycles. The van der Waals surface area contributed by atoms with Crippen molar-refractivity contribution >= 4 is 37.3 Å². The van der Waals surface area contributed by atoms with E-state index in [-0.39, 0.29) is 19.9 Å². The Bertz CT molecular complexity index is 537. The predicted octanol–water partition coefficient (Wildman–Crippen LogP) is -1.15. The topological polar surface area (TPSA) is 95.9 Å². The van der Waals surface area contributed by atoms with Crippen molar-refractivity contribution in [1.82, 2.24) is 10.2 Å². The van der Waals surface area contributed by atoms with Crippen LogP contribution in [-0.4, -0.2) is 62.8 Å². The molecule has 2 rings (SSSR count). The first-order chi connectivity index (χ1) is 10.1. The van der Waals surface area contributed by atoms with Gasteiger partial charge in [-0.2, -0.15) is 0 Å². The number of nitrogens with one attached hydrogen (secondary N) is 1. The second kappa shape index (κ2) is 7.33. The number of aliphatic hydroxyl groups excluding tert-OH is 1. The van der Waals surface area contributed by atoms with Gasteiger partial charge in [0.2, 0.25) is 0 Å². The molecule has 8 heteroatoms. The fraction of sp³-hybridized carbons (Fsp3) is 0.308. The maximum absolute atomic E-state index is 12.3. The Kier molecular flexibility index (Phi) is 5.46. The molecule has 1 aromatic rings. The third kappa shape index (κ3) is 3.89. The molecule has 4 amide bonds. The van der Waals surface area contributed by atoms with E-state index in [9.17, 15) is 14.4 Å². The van der Waals surface area contributed by atoms with Gasteiger partial charge in [0.15, 0.2) is 0 Å². The van der Waals surface area contributed by atoms with Gasteiger partial charge in [0.25, 0.3) is 0 Å². The molecule has 0 saturated carbocycles. The number of hydrogen-bond acceptors (Lipinski definition) is 5. The second-order valence-corrected chi connectivity index (χ2v) is 6.61.